The molecule has 0 saturated heterocycles. The monoisotopic (exact) mass is 614 g/mol. The van der Waals surface area contributed by atoms with Gasteiger partial charge in [-0.25, -0.2) is 0 Å². The molecule has 5 aromatic rings. The Bertz CT molecular complexity index is 1760. The molecule has 0 unspecified atom stereocenters. The molecule has 0 atom stereocenters. The van der Waals surface area contributed by atoms with Gasteiger partial charge in [-0.15, -0.1) is 11.8 Å². The van der Waals surface area contributed by atoms with E-state index < -0.39 is 11.8 Å². The fourth-order valence-electron chi connectivity index (χ4n) is 4.15. The van der Waals surface area contributed by atoms with Gasteiger partial charge in [-0.1, -0.05) is 66.7 Å². The van der Waals surface area contributed by atoms with Crippen LogP contribution in [0, 0.1) is 0 Å². The second-order valence-corrected chi connectivity index (χ2v) is 10.8. The topological polar surface area (TPSA) is 109 Å². The largest absolute Gasteiger partial charge is 0.489 e. The molecule has 0 aliphatic heterocycles. The quantitative estimate of drug-likeness (QED) is 0.105. The maximum Gasteiger partial charge on any atom is 0.272 e. The Kier molecular flexibility index (Phi) is 10.7. The lowest BCUT2D eigenvalue weighted by molar-refractivity contribution is -0.114. The van der Waals surface area contributed by atoms with Crippen LogP contribution in [0.1, 0.15) is 21.5 Å². The van der Waals surface area contributed by atoms with Crippen LogP contribution in [0.3, 0.4) is 0 Å². The molecule has 4 aromatic carbocycles. The first kappa shape index (κ1) is 30.8. The molecule has 3 amide bonds. The number of benzene rings is 4. The van der Waals surface area contributed by atoms with Gasteiger partial charge in [-0.3, -0.25) is 19.4 Å². The van der Waals surface area contributed by atoms with Crippen LogP contribution in [-0.2, 0) is 16.2 Å². The lowest BCUT2D eigenvalue weighted by Crippen LogP contribution is -2.30. The fraction of sp³-hybridized carbons (Fsp3) is 0.0556. The SMILES string of the molecule is O=C(CSc1cccc(NC(=O)/C(=C/c2ccc(OCc3ccccc3)cc2)NC(=O)c2ccccc2)c1)Nc1ccncc1. The van der Waals surface area contributed by atoms with Gasteiger partial charge in [0.05, 0.1) is 5.75 Å². The van der Waals surface area contributed by atoms with E-state index in [0.29, 0.717) is 34.9 Å². The van der Waals surface area contributed by atoms with E-state index in [-0.39, 0.29) is 17.4 Å². The summed E-state index contributed by atoms with van der Waals surface area (Å²) in [5.74, 6) is -0.209. The molecule has 5 rings (SSSR count). The van der Waals surface area contributed by atoms with Gasteiger partial charge in [0.25, 0.3) is 11.8 Å². The number of hydrogen-bond donors (Lipinski definition) is 3. The van der Waals surface area contributed by atoms with Crippen molar-refractivity contribution in [2.24, 2.45) is 0 Å². The molecule has 0 radical (unpaired) electrons. The fourth-order valence-corrected chi connectivity index (χ4v) is 4.91. The second kappa shape index (κ2) is 15.7. The van der Waals surface area contributed by atoms with Gasteiger partial charge in [0.1, 0.15) is 18.1 Å². The van der Waals surface area contributed by atoms with Crippen molar-refractivity contribution in [1.29, 1.82) is 0 Å². The smallest absolute Gasteiger partial charge is 0.272 e. The third kappa shape index (κ3) is 9.67. The van der Waals surface area contributed by atoms with E-state index in [1.807, 2.05) is 66.7 Å². The molecule has 0 aliphatic carbocycles. The first-order chi connectivity index (χ1) is 22.0. The summed E-state index contributed by atoms with van der Waals surface area (Å²) in [6.45, 7) is 0.434. The highest BCUT2D eigenvalue weighted by atomic mass is 32.2. The first-order valence-corrected chi connectivity index (χ1v) is 15.1. The molecule has 0 bridgehead atoms. The molecule has 1 aromatic heterocycles. The molecule has 0 saturated carbocycles. The highest BCUT2D eigenvalue weighted by Crippen LogP contribution is 2.23. The molecular formula is C36H30N4O4S. The van der Waals surface area contributed by atoms with Crippen LogP contribution in [0.5, 0.6) is 5.75 Å². The molecular weight excluding hydrogens is 584 g/mol. The molecule has 0 fully saturated rings. The van der Waals surface area contributed by atoms with Crippen LogP contribution in [-0.4, -0.2) is 28.5 Å². The number of thioether (sulfide) groups is 1. The minimum absolute atomic E-state index is 0.0663. The maximum absolute atomic E-state index is 13.5. The number of hydrogen-bond acceptors (Lipinski definition) is 6. The van der Waals surface area contributed by atoms with E-state index in [1.54, 1.807) is 73.1 Å². The Morgan fingerprint density at radius 3 is 2.18 bits per heavy atom. The van der Waals surface area contributed by atoms with Crippen molar-refractivity contribution in [2.75, 3.05) is 16.4 Å². The van der Waals surface area contributed by atoms with E-state index >= 15 is 0 Å². The molecule has 224 valence electrons. The third-order valence-electron chi connectivity index (χ3n) is 6.39. The van der Waals surface area contributed by atoms with E-state index in [2.05, 4.69) is 20.9 Å². The van der Waals surface area contributed by atoms with Gasteiger partial charge in [0.15, 0.2) is 0 Å². The molecule has 8 nitrogen and oxygen atoms in total. The molecule has 1 heterocycles. The summed E-state index contributed by atoms with van der Waals surface area (Å²) >= 11 is 1.34. The zero-order valence-electron chi connectivity index (χ0n) is 24.2. The number of carbonyl (C=O) groups is 3. The number of nitrogens with zero attached hydrogens (tertiary/aromatic N) is 1. The van der Waals surface area contributed by atoms with Crippen molar-refractivity contribution in [3.05, 3.63) is 156 Å². The lowest BCUT2D eigenvalue weighted by atomic mass is 10.1. The van der Waals surface area contributed by atoms with Gasteiger partial charge >= 0.3 is 0 Å². The number of pyridine rings is 1. The van der Waals surface area contributed by atoms with Crippen LogP contribution in [0.25, 0.3) is 6.08 Å². The van der Waals surface area contributed by atoms with E-state index in [0.717, 1.165) is 10.5 Å². The number of amides is 3. The number of carbonyl (C=O) groups excluding carboxylic acids is 3. The van der Waals surface area contributed by atoms with Crippen molar-refractivity contribution < 1.29 is 19.1 Å². The predicted molar refractivity (Wildman–Crippen MR) is 178 cm³/mol. The minimum Gasteiger partial charge on any atom is -0.489 e. The normalized spacial score (nSPS) is 10.9. The standard InChI is InChI=1S/C36H30N4O4S/c41-34(38-29-18-20-37-21-19-29)25-45-32-13-7-12-30(23-32)39-36(43)33(40-35(42)28-10-5-2-6-11-28)22-26-14-16-31(17-15-26)44-24-27-8-3-1-4-9-27/h1-23H,24-25H2,(H,39,43)(H,40,42)(H,37,38,41)/b33-22-. The van der Waals surface area contributed by atoms with Gasteiger partial charge in [-0.05, 0) is 71.8 Å². The van der Waals surface area contributed by atoms with Crippen molar-refractivity contribution in [3.8, 4) is 5.75 Å². The third-order valence-corrected chi connectivity index (χ3v) is 7.39. The summed E-state index contributed by atoms with van der Waals surface area (Å²) in [5.41, 5.74) is 3.43. The molecule has 45 heavy (non-hydrogen) atoms. The number of nitrogens with one attached hydrogen (secondary N) is 3. The van der Waals surface area contributed by atoms with Gasteiger partial charge in [-0.2, -0.15) is 0 Å². The molecule has 9 heteroatoms. The van der Waals surface area contributed by atoms with Crippen molar-refractivity contribution in [3.63, 3.8) is 0 Å². The predicted octanol–water partition coefficient (Wildman–Crippen LogP) is 6.80. The second-order valence-electron chi connectivity index (χ2n) is 9.78. The summed E-state index contributed by atoms with van der Waals surface area (Å²) < 4.78 is 5.88. The highest BCUT2D eigenvalue weighted by molar-refractivity contribution is 8.00. The minimum atomic E-state index is -0.499. The summed E-state index contributed by atoms with van der Waals surface area (Å²) in [6.07, 6.45) is 4.83. The van der Waals surface area contributed by atoms with Crippen molar-refractivity contribution >= 4 is 46.9 Å². The zero-order valence-corrected chi connectivity index (χ0v) is 25.0. The van der Waals surface area contributed by atoms with Gasteiger partial charge in [0, 0.05) is 34.2 Å². The summed E-state index contributed by atoms with van der Waals surface area (Å²) in [5, 5.41) is 8.45. The number of ether oxygens (including phenoxy) is 1. The number of anilines is 2. The van der Waals surface area contributed by atoms with E-state index in [4.69, 9.17) is 4.74 Å². The Morgan fingerprint density at radius 2 is 1.44 bits per heavy atom. The zero-order chi connectivity index (χ0) is 31.3. The van der Waals surface area contributed by atoms with Gasteiger partial charge in [0.2, 0.25) is 5.91 Å². The van der Waals surface area contributed by atoms with E-state index in [9.17, 15) is 14.4 Å². The van der Waals surface area contributed by atoms with Crippen molar-refractivity contribution in [2.45, 2.75) is 11.5 Å². The van der Waals surface area contributed by atoms with Crippen LogP contribution in [0.2, 0.25) is 0 Å². The molecule has 0 spiro atoms. The van der Waals surface area contributed by atoms with Crippen LogP contribution in [0.15, 0.2) is 144 Å². The number of rotatable bonds is 12. The summed E-state index contributed by atoms with van der Waals surface area (Å²) in [6, 6.07) is 36.4. The summed E-state index contributed by atoms with van der Waals surface area (Å²) in [4.78, 5) is 43.6. The molecule has 0 aliphatic rings. The Labute approximate surface area is 265 Å². The Balaban J connectivity index is 1.27. The average molecular weight is 615 g/mol. The summed E-state index contributed by atoms with van der Waals surface area (Å²) in [7, 11) is 0. The first-order valence-electron chi connectivity index (χ1n) is 14.1. The van der Waals surface area contributed by atoms with E-state index in [1.165, 1.54) is 11.8 Å². The molecule has 3 N–H and O–H groups in total. The van der Waals surface area contributed by atoms with Crippen LogP contribution >= 0.6 is 11.8 Å². The van der Waals surface area contributed by atoms with Crippen molar-refractivity contribution in [1.82, 2.24) is 10.3 Å². The highest BCUT2D eigenvalue weighted by Gasteiger charge is 2.16. The maximum atomic E-state index is 13.5. The average Bonchev–Trinajstić information content (AvgIpc) is 3.08. The Hall–Kier alpha value is -5.67. The lowest BCUT2D eigenvalue weighted by Gasteiger charge is -2.12. The van der Waals surface area contributed by atoms with Gasteiger partial charge < -0.3 is 20.7 Å². The van der Waals surface area contributed by atoms with Crippen LogP contribution < -0.4 is 20.7 Å². The Morgan fingerprint density at radius 1 is 0.733 bits per heavy atom. The van der Waals surface area contributed by atoms with Crippen LogP contribution in [0.4, 0.5) is 11.4 Å². The number of aromatic nitrogens is 1.